The molecule has 0 radical (unpaired) electrons. The Balaban J connectivity index is 1.67. The van der Waals surface area contributed by atoms with E-state index in [1.807, 2.05) is 12.1 Å². The van der Waals surface area contributed by atoms with Gasteiger partial charge in [0.1, 0.15) is 0 Å². The minimum atomic E-state index is -4.50. The van der Waals surface area contributed by atoms with Crippen LogP contribution >= 0.6 is 11.8 Å². The third kappa shape index (κ3) is 2.79. The van der Waals surface area contributed by atoms with Gasteiger partial charge in [0.05, 0.1) is 11.3 Å². The number of nitrogens with zero attached hydrogens (tertiary/aromatic N) is 1. The molecule has 1 N–H and O–H groups in total. The van der Waals surface area contributed by atoms with Gasteiger partial charge in [-0.25, -0.2) is 0 Å². The molecule has 0 bridgehead atoms. The predicted molar refractivity (Wildman–Crippen MR) is 96.6 cm³/mol. The molecule has 0 aliphatic carbocycles. The number of fused-ring (bicyclic) bond motifs is 3. The number of amides is 2. The summed E-state index contributed by atoms with van der Waals surface area (Å²) in [6, 6.07) is 10.9. The van der Waals surface area contributed by atoms with Crippen molar-refractivity contribution in [3.05, 3.63) is 53.6 Å². The largest absolute Gasteiger partial charge is 0.416 e. The molecule has 4 rings (SSSR count). The van der Waals surface area contributed by atoms with E-state index in [-0.39, 0.29) is 23.6 Å². The van der Waals surface area contributed by atoms with Gasteiger partial charge < -0.3 is 5.32 Å². The Morgan fingerprint density at radius 1 is 1.22 bits per heavy atom. The van der Waals surface area contributed by atoms with Gasteiger partial charge >= 0.3 is 6.18 Å². The lowest BCUT2D eigenvalue weighted by Gasteiger charge is -2.29. The van der Waals surface area contributed by atoms with Gasteiger partial charge in [-0.1, -0.05) is 30.0 Å². The molecule has 0 spiro atoms. The van der Waals surface area contributed by atoms with Crippen molar-refractivity contribution >= 4 is 35.0 Å². The number of hydrogen-bond acceptors (Lipinski definition) is 3. The van der Waals surface area contributed by atoms with E-state index in [0.29, 0.717) is 12.1 Å². The number of aryl methyl sites for hydroxylation is 1. The Hall–Kier alpha value is -2.48. The molecular formula is C19H15F3N2O2S. The molecule has 1 fully saturated rings. The van der Waals surface area contributed by atoms with E-state index in [4.69, 9.17) is 0 Å². The number of carbonyl (C=O) groups is 2. The van der Waals surface area contributed by atoms with Crippen LogP contribution in [0.2, 0.25) is 0 Å². The van der Waals surface area contributed by atoms with E-state index in [1.54, 1.807) is 12.1 Å². The van der Waals surface area contributed by atoms with Crippen LogP contribution in [0.3, 0.4) is 0 Å². The molecule has 1 saturated heterocycles. The highest BCUT2D eigenvalue weighted by Gasteiger charge is 2.57. The van der Waals surface area contributed by atoms with Crippen LogP contribution < -0.4 is 10.2 Å². The van der Waals surface area contributed by atoms with Crippen molar-refractivity contribution in [1.82, 2.24) is 0 Å². The fourth-order valence-electron chi connectivity index (χ4n) is 3.53. The Bertz CT molecular complexity index is 960. The van der Waals surface area contributed by atoms with Crippen molar-refractivity contribution in [2.75, 3.05) is 10.2 Å². The zero-order valence-electron chi connectivity index (χ0n) is 14.3. The average Bonchev–Trinajstić information content (AvgIpc) is 3.12. The maximum absolute atomic E-state index is 13.1. The van der Waals surface area contributed by atoms with E-state index < -0.39 is 22.5 Å². The fourth-order valence-corrected chi connectivity index (χ4v) is 4.95. The topological polar surface area (TPSA) is 49.4 Å². The second-order valence-electron chi connectivity index (χ2n) is 6.56. The van der Waals surface area contributed by atoms with Gasteiger partial charge in [0.2, 0.25) is 5.91 Å². The van der Waals surface area contributed by atoms with Crippen LogP contribution in [0.5, 0.6) is 0 Å². The number of thioether (sulfide) groups is 1. The lowest BCUT2D eigenvalue weighted by Crippen LogP contribution is -2.49. The Labute approximate surface area is 157 Å². The first kappa shape index (κ1) is 17.9. The summed E-state index contributed by atoms with van der Waals surface area (Å²) >= 11 is 1.27. The zero-order chi connectivity index (χ0) is 19.4. The minimum absolute atomic E-state index is 0.0585. The summed E-state index contributed by atoms with van der Waals surface area (Å²) in [5.41, 5.74) is 0.0155. The lowest BCUT2D eigenvalue weighted by atomic mass is 10.1. The third-order valence-corrected chi connectivity index (χ3v) is 6.30. The lowest BCUT2D eigenvalue weighted by molar-refractivity contribution is -0.138. The average molecular weight is 392 g/mol. The molecule has 2 aliphatic heterocycles. The summed E-state index contributed by atoms with van der Waals surface area (Å²) in [5, 5.41) is 2.59. The van der Waals surface area contributed by atoms with E-state index in [2.05, 4.69) is 5.32 Å². The van der Waals surface area contributed by atoms with Crippen molar-refractivity contribution in [3.8, 4) is 0 Å². The molecule has 1 atom stereocenters. The standard InChI is InChI=1S/C19H15F3N2O2S/c1-11-6-7-12(10-13(11)19(20,21)22)23-17(26)18-9-8-16(25)24(18)14-4-2-3-5-15(14)27-18/h2-7,10H,8-9H2,1H3,(H,23,26). The summed E-state index contributed by atoms with van der Waals surface area (Å²) in [6.45, 7) is 1.37. The van der Waals surface area contributed by atoms with Crippen molar-refractivity contribution in [1.29, 1.82) is 0 Å². The van der Waals surface area contributed by atoms with Crippen molar-refractivity contribution < 1.29 is 22.8 Å². The molecule has 27 heavy (non-hydrogen) atoms. The third-order valence-electron chi connectivity index (χ3n) is 4.83. The highest BCUT2D eigenvalue weighted by atomic mass is 32.2. The predicted octanol–water partition coefficient (Wildman–Crippen LogP) is 4.58. The maximum atomic E-state index is 13.1. The van der Waals surface area contributed by atoms with Gasteiger partial charge in [-0.2, -0.15) is 13.2 Å². The highest BCUT2D eigenvalue weighted by Crippen LogP contribution is 2.56. The number of halogens is 3. The molecule has 2 heterocycles. The molecule has 140 valence electrons. The zero-order valence-corrected chi connectivity index (χ0v) is 15.1. The Kier molecular flexibility index (Phi) is 3.99. The van der Waals surface area contributed by atoms with Crippen LogP contribution in [-0.2, 0) is 15.8 Å². The number of rotatable bonds is 2. The molecule has 0 aromatic heterocycles. The number of alkyl halides is 3. The van der Waals surface area contributed by atoms with Gasteiger partial charge in [-0.15, -0.1) is 0 Å². The van der Waals surface area contributed by atoms with Crippen molar-refractivity contribution in [2.45, 2.75) is 35.7 Å². The number of benzene rings is 2. The first-order chi connectivity index (χ1) is 12.7. The summed E-state index contributed by atoms with van der Waals surface area (Å²) in [7, 11) is 0. The molecule has 1 unspecified atom stereocenters. The summed E-state index contributed by atoms with van der Waals surface area (Å²) in [4.78, 5) is 26.6. The van der Waals surface area contributed by atoms with Gasteiger partial charge in [-0.3, -0.25) is 14.5 Å². The molecular weight excluding hydrogens is 377 g/mol. The first-order valence-electron chi connectivity index (χ1n) is 8.33. The molecule has 8 heteroatoms. The maximum Gasteiger partial charge on any atom is 0.416 e. The van der Waals surface area contributed by atoms with Gasteiger partial charge in [0.25, 0.3) is 5.91 Å². The number of carbonyl (C=O) groups excluding carboxylic acids is 2. The van der Waals surface area contributed by atoms with Crippen LogP contribution in [-0.4, -0.2) is 16.7 Å². The van der Waals surface area contributed by atoms with E-state index >= 15 is 0 Å². The smallest absolute Gasteiger partial charge is 0.323 e. The molecule has 0 saturated carbocycles. The van der Waals surface area contributed by atoms with Crippen LogP contribution in [0.1, 0.15) is 24.0 Å². The van der Waals surface area contributed by atoms with Gasteiger partial charge in [-0.05, 0) is 43.2 Å². The monoisotopic (exact) mass is 392 g/mol. The SMILES string of the molecule is Cc1ccc(NC(=O)C23CCC(=O)N2c2ccccc2S3)cc1C(F)(F)F. The second kappa shape index (κ2) is 6.02. The molecule has 2 aromatic carbocycles. The fraction of sp³-hybridized carbons (Fsp3) is 0.263. The minimum Gasteiger partial charge on any atom is -0.323 e. The molecule has 2 aliphatic rings. The van der Waals surface area contributed by atoms with Gasteiger partial charge in [0, 0.05) is 17.0 Å². The highest BCUT2D eigenvalue weighted by molar-refractivity contribution is 8.02. The molecule has 2 aromatic rings. The van der Waals surface area contributed by atoms with E-state index in [0.717, 1.165) is 11.0 Å². The van der Waals surface area contributed by atoms with Crippen LogP contribution in [0.25, 0.3) is 0 Å². The van der Waals surface area contributed by atoms with Crippen LogP contribution in [0.4, 0.5) is 24.5 Å². The van der Waals surface area contributed by atoms with E-state index in [9.17, 15) is 22.8 Å². The van der Waals surface area contributed by atoms with Crippen molar-refractivity contribution in [2.24, 2.45) is 0 Å². The van der Waals surface area contributed by atoms with Crippen LogP contribution in [0.15, 0.2) is 47.4 Å². The van der Waals surface area contributed by atoms with Crippen molar-refractivity contribution in [3.63, 3.8) is 0 Å². The summed E-state index contributed by atoms with van der Waals surface area (Å²) < 4.78 is 39.4. The normalized spacial score (nSPS) is 21.2. The summed E-state index contributed by atoms with van der Waals surface area (Å²) in [6.07, 6.45) is -3.98. The Morgan fingerprint density at radius 2 is 1.96 bits per heavy atom. The van der Waals surface area contributed by atoms with Gasteiger partial charge in [0.15, 0.2) is 4.87 Å². The summed E-state index contributed by atoms with van der Waals surface area (Å²) in [5.74, 6) is -0.658. The Morgan fingerprint density at radius 3 is 2.70 bits per heavy atom. The second-order valence-corrected chi connectivity index (χ2v) is 7.88. The number of nitrogens with one attached hydrogen (secondary N) is 1. The molecule has 2 amide bonds. The first-order valence-corrected chi connectivity index (χ1v) is 9.14. The van der Waals surface area contributed by atoms with Crippen LogP contribution in [0, 0.1) is 6.92 Å². The number of anilines is 2. The van der Waals surface area contributed by atoms with E-state index in [1.165, 1.54) is 35.7 Å². The number of hydrogen-bond donors (Lipinski definition) is 1. The quantitative estimate of drug-likeness (QED) is 0.814. The molecule has 4 nitrogen and oxygen atoms in total. The number of para-hydroxylation sites is 1.